The zero-order valence-electron chi connectivity index (χ0n) is 27.0. The van der Waals surface area contributed by atoms with Gasteiger partial charge < -0.3 is 25.3 Å². The van der Waals surface area contributed by atoms with Crippen LogP contribution in [-0.2, 0) is 20.8 Å². The third kappa shape index (κ3) is 11.0. The number of benzene rings is 1. The van der Waals surface area contributed by atoms with Crippen LogP contribution in [-0.4, -0.2) is 81.6 Å². The topological polar surface area (TPSA) is 123 Å². The lowest BCUT2D eigenvalue weighted by molar-refractivity contribution is -0.143. The first-order valence-electron chi connectivity index (χ1n) is 16.0. The minimum atomic E-state index is -1.12. The molecule has 1 aromatic heterocycles. The van der Waals surface area contributed by atoms with E-state index in [1.54, 1.807) is 24.5 Å². The van der Waals surface area contributed by atoms with E-state index < -0.39 is 24.2 Å². The van der Waals surface area contributed by atoms with Gasteiger partial charge in [0.25, 0.3) is 0 Å². The third-order valence-corrected chi connectivity index (χ3v) is 9.40. The van der Waals surface area contributed by atoms with Crippen molar-refractivity contribution >= 4 is 29.1 Å². The molecule has 2 aromatic rings. The summed E-state index contributed by atoms with van der Waals surface area (Å²) in [5.74, 6) is -1.11. The molecule has 3 N–H and O–H groups in total. The van der Waals surface area contributed by atoms with Crippen molar-refractivity contribution in [3.63, 3.8) is 0 Å². The summed E-state index contributed by atoms with van der Waals surface area (Å²) in [4.78, 5) is 48.2. The number of nitrogens with one attached hydrogen (secondary N) is 1. The van der Waals surface area contributed by atoms with E-state index >= 15 is 0 Å². The molecule has 0 radical (unpaired) electrons. The van der Waals surface area contributed by atoms with Crippen LogP contribution in [0.25, 0.3) is 0 Å². The van der Waals surface area contributed by atoms with Crippen molar-refractivity contribution in [2.24, 2.45) is 17.8 Å². The highest BCUT2D eigenvalue weighted by Crippen LogP contribution is 2.30. The Kier molecular flexibility index (Phi) is 14.3. The lowest BCUT2D eigenvalue weighted by atomic mass is 9.82. The van der Waals surface area contributed by atoms with Gasteiger partial charge in [0.2, 0.25) is 17.7 Å². The summed E-state index contributed by atoms with van der Waals surface area (Å²) in [5.41, 5.74) is 3.30. The number of hydrogen-bond donors (Lipinski definition) is 3. The van der Waals surface area contributed by atoms with Gasteiger partial charge in [0.15, 0.2) is 0 Å². The zero-order chi connectivity index (χ0) is 32.2. The van der Waals surface area contributed by atoms with Crippen LogP contribution >= 0.6 is 11.3 Å². The average Bonchev–Trinajstić information content (AvgIpc) is 3.52. The minimum Gasteiger partial charge on any atom is -0.390 e. The monoisotopic (exact) mass is 628 g/mol. The van der Waals surface area contributed by atoms with E-state index in [0.717, 1.165) is 31.2 Å². The third-order valence-electron chi connectivity index (χ3n) is 8.76. The van der Waals surface area contributed by atoms with Gasteiger partial charge in [-0.2, -0.15) is 0 Å². The van der Waals surface area contributed by atoms with Crippen LogP contribution in [0.15, 0.2) is 41.2 Å². The molecule has 244 valence electrons. The molecule has 9 nitrogen and oxygen atoms in total. The van der Waals surface area contributed by atoms with Crippen LogP contribution in [0.5, 0.6) is 0 Å². The van der Waals surface area contributed by atoms with Gasteiger partial charge in [0, 0.05) is 32.3 Å². The molecule has 0 saturated heterocycles. The van der Waals surface area contributed by atoms with Crippen molar-refractivity contribution < 1.29 is 24.6 Å². The Morgan fingerprint density at radius 3 is 2.30 bits per heavy atom. The zero-order valence-corrected chi connectivity index (χ0v) is 27.8. The van der Waals surface area contributed by atoms with Crippen molar-refractivity contribution in [3.8, 4) is 0 Å². The van der Waals surface area contributed by atoms with E-state index in [-0.39, 0.29) is 49.1 Å². The predicted octanol–water partition coefficient (Wildman–Crippen LogP) is 4.59. The fraction of sp³-hybridized carbons (Fsp3) is 0.647. The number of carbonyl (C=O) groups is 3. The quantitative estimate of drug-likeness (QED) is 0.250. The Labute approximate surface area is 267 Å². The minimum absolute atomic E-state index is 0.114. The van der Waals surface area contributed by atoms with Crippen LogP contribution in [0.2, 0.25) is 0 Å². The van der Waals surface area contributed by atoms with Gasteiger partial charge in [0.05, 0.1) is 35.3 Å². The Balaban J connectivity index is 1.86. The number of rotatable bonds is 16. The second-order valence-corrected chi connectivity index (χ2v) is 13.7. The second kappa shape index (κ2) is 17.6. The highest BCUT2D eigenvalue weighted by atomic mass is 32.1. The molecular formula is C34H52N4O5S. The lowest BCUT2D eigenvalue weighted by Gasteiger charge is -2.34. The molecule has 1 saturated carbocycles. The molecule has 3 amide bonds. The fourth-order valence-electron chi connectivity index (χ4n) is 6.07. The number of thiazole rings is 1. The Morgan fingerprint density at radius 1 is 1.02 bits per heavy atom. The van der Waals surface area contributed by atoms with E-state index in [9.17, 15) is 24.6 Å². The van der Waals surface area contributed by atoms with E-state index in [4.69, 9.17) is 0 Å². The molecule has 0 aliphatic heterocycles. The summed E-state index contributed by atoms with van der Waals surface area (Å²) in [7, 11) is 3.31. The van der Waals surface area contributed by atoms with E-state index in [2.05, 4.69) is 10.3 Å². The first-order chi connectivity index (χ1) is 21.0. The van der Waals surface area contributed by atoms with Crippen molar-refractivity contribution in [1.82, 2.24) is 20.1 Å². The van der Waals surface area contributed by atoms with Gasteiger partial charge >= 0.3 is 0 Å². The maximum atomic E-state index is 14.0. The Morgan fingerprint density at radius 2 is 1.70 bits per heavy atom. The number of nitrogens with zero attached hydrogens (tertiary/aromatic N) is 3. The van der Waals surface area contributed by atoms with E-state index in [1.807, 2.05) is 56.5 Å². The normalized spacial score (nSPS) is 17.4. The summed E-state index contributed by atoms with van der Waals surface area (Å²) >= 11 is 1.42. The molecule has 1 heterocycles. The highest BCUT2D eigenvalue weighted by molar-refractivity contribution is 7.07. The van der Waals surface area contributed by atoms with Gasteiger partial charge in [0.1, 0.15) is 12.6 Å². The summed E-state index contributed by atoms with van der Waals surface area (Å²) in [6, 6.07) is 8.51. The van der Waals surface area contributed by atoms with Gasteiger partial charge in [-0.1, -0.05) is 76.3 Å². The van der Waals surface area contributed by atoms with E-state index in [1.165, 1.54) is 22.7 Å². The molecule has 1 aliphatic carbocycles. The SMILES string of the molecule is CC(C)C[C@H](O)[C@H](O)[C@H](CC1CCCCC1)NC(=O)[C@@H](CC(=O)N(CC(=O)N(C)C)[C@@H](C)c1ccccc1)Cc1cscn1. The molecule has 1 fully saturated rings. The lowest BCUT2D eigenvalue weighted by Crippen LogP contribution is -2.52. The van der Waals surface area contributed by atoms with E-state index in [0.29, 0.717) is 24.5 Å². The fourth-order valence-corrected chi connectivity index (χ4v) is 6.64. The molecule has 3 rings (SSSR count). The van der Waals surface area contributed by atoms with Gasteiger partial charge in [-0.25, -0.2) is 4.98 Å². The molecular weight excluding hydrogens is 576 g/mol. The maximum Gasteiger partial charge on any atom is 0.241 e. The standard InChI is InChI=1S/C34H52N4O5S/c1-23(2)16-30(39)33(42)29(17-25-12-8-6-9-13-25)36-34(43)27(18-28-21-44-22-35-28)19-31(40)38(20-32(41)37(4)5)24(3)26-14-10-7-11-15-26/h7,10-11,14-15,21-25,27,29-30,33,39,42H,6,8-9,12-13,16-20H2,1-5H3,(H,36,43)/t24-,27+,29-,30-,33+/m0/s1. The predicted molar refractivity (Wildman–Crippen MR) is 174 cm³/mol. The van der Waals surface area contributed by atoms with Crippen molar-refractivity contribution in [3.05, 3.63) is 52.5 Å². The average molecular weight is 629 g/mol. The van der Waals surface area contributed by atoms with Crippen LogP contribution < -0.4 is 5.32 Å². The first kappa shape index (κ1) is 35.7. The summed E-state index contributed by atoms with van der Waals surface area (Å²) in [5, 5.41) is 27.1. The number of hydrogen-bond acceptors (Lipinski definition) is 7. The summed E-state index contributed by atoms with van der Waals surface area (Å²) in [6.07, 6.45) is 4.54. The van der Waals surface area contributed by atoms with Crippen LogP contribution in [0.1, 0.15) is 89.4 Å². The highest BCUT2D eigenvalue weighted by Gasteiger charge is 2.35. The molecule has 10 heteroatoms. The van der Waals surface area contributed by atoms with Crippen LogP contribution in [0.4, 0.5) is 0 Å². The maximum absolute atomic E-state index is 14.0. The number of aliphatic hydroxyl groups is 2. The van der Waals surface area contributed by atoms with Crippen LogP contribution in [0, 0.1) is 17.8 Å². The van der Waals surface area contributed by atoms with Gasteiger partial charge in [-0.15, -0.1) is 11.3 Å². The van der Waals surface area contributed by atoms with Gasteiger partial charge in [-0.3, -0.25) is 14.4 Å². The second-order valence-electron chi connectivity index (χ2n) is 13.0. The molecule has 0 unspecified atom stereocenters. The van der Waals surface area contributed by atoms with Crippen molar-refractivity contribution in [2.75, 3.05) is 20.6 Å². The Bertz CT molecular complexity index is 1150. The number of aromatic nitrogens is 1. The number of amides is 3. The number of carbonyl (C=O) groups excluding carboxylic acids is 3. The summed E-state index contributed by atoms with van der Waals surface area (Å²) < 4.78 is 0. The Hall–Kier alpha value is -2.82. The van der Waals surface area contributed by atoms with Crippen LogP contribution in [0.3, 0.4) is 0 Å². The smallest absolute Gasteiger partial charge is 0.241 e. The first-order valence-corrected chi connectivity index (χ1v) is 17.0. The van der Waals surface area contributed by atoms with Gasteiger partial charge in [-0.05, 0) is 37.2 Å². The summed E-state index contributed by atoms with van der Waals surface area (Å²) in [6.45, 7) is 5.75. The molecule has 1 aromatic carbocycles. The molecule has 5 atom stereocenters. The van der Waals surface area contributed by atoms with Crippen molar-refractivity contribution in [2.45, 2.75) is 103 Å². The van der Waals surface area contributed by atoms with Crippen molar-refractivity contribution in [1.29, 1.82) is 0 Å². The molecule has 0 bridgehead atoms. The molecule has 44 heavy (non-hydrogen) atoms. The number of likely N-dealkylation sites (N-methyl/N-ethyl adjacent to an activating group) is 1. The molecule has 0 spiro atoms. The number of aliphatic hydroxyl groups excluding tert-OH is 2. The molecule has 1 aliphatic rings. The largest absolute Gasteiger partial charge is 0.390 e.